The molecular weight excluding hydrogens is 166 g/mol. The molecule has 1 aromatic heterocycles. The highest BCUT2D eigenvalue weighted by Gasteiger charge is 2.01. The Morgan fingerprint density at radius 2 is 2.38 bits per heavy atom. The van der Waals surface area contributed by atoms with Crippen molar-refractivity contribution in [2.45, 2.75) is 13.3 Å². The molecule has 0 aliphatic heterocycles. The van der Waals surface area contributed by atoms with Crippen molar-refractivity contribution in [2.24, 2.45) is 0 Å². The predicted molar refractivity (Wildman–Crippen MR) is 50.1 cm³/mol. The first-order valence-electron chi connectivity index (χ1n) is 4.09. The van der Waals surface area contributed by atoms with E-state index in [2.05, 4.69) is 4.98 Å². The number of allylic oxidation sites excluding steroid dienone is 1. The summed E-state index contributed by atoms with van der Waals surface area (Å²) in [6.07, 6.45) is 3.52. The molecule has 0 spiro atoms. The molecule has 0 radical (unpaired) electrons. The van der Waals surface area contributed by atoms with E-state index in [1.165, 1.54) is 6.08 Å². The van der Waals surface area contributed by atoms with Gasteiger partial charge in [-0.2, -0.15) is 0 Å². The monoisotopic (exact) mass is 177 g/mol. The van der Waals surface area contributed by atoms with Crippen molar-refractivity contribution in [3.8, 4) is 0 Å². The SMILES string of the molecule is CC/C(=C\C(=O)O)c1ccccn1. The van der Waals surface area contributed by atoms with Gasteiger partial charge >= 0.3 is 5.97 Å². The van der Waals surface area contributed by atoms with Gasteiger partial charge in [0.25, 0.3) is 0 Å². The molecular formula is C10H11NO2. The lowest BCUT2D eigenvalue weighted by molar-refractivity contribution is -0.131. The molecule has 13 heavy (non-hydrogen) atoms. The van der Waals surface area contributed by atoms with Crippen LogP contribution in [0.15, 0.2) is 30.5 Å². The summed E-state index contributed by atoms with van der Waals surface area (Å²) in [4.78, 5) is 14.5. The predicted octanol–water partition coefficient (Wildman–Crippen LogP) is 1.96. The van der Waals surface area contributed by atoms with Gasteiger partial charge in [-0.25, -0.2) is 4.79 Å². The van der Waals surface area contributed by atoms with Crippen LogP contribution in [0.2, 0.25) is 0 Å². The third-order valence-electron chi connectivity index (χ3n) is 1.67. The third kappa shape index (κ3) is 2.71. The minimum absolute atomic E-state index is 0.670. The molecule has 3 nitrogen and oxygen atoms in total. The van der Waals surface area contributed by atoms with E-state index in [1.54, 1.807) is 18.3 Å². The highest BCUT2D eigenvalue weighted by Crippen LogP contribution is 2.14. The average Bonchev–Trinajstić information content (AvgIpc) is 2.15. The molecule has 0 saturated carbocycles. The Hall–Kier alpha value is -1.64. The molecule has 1 rings (SSSR count). The second-order valence-electron chi connectivity index (χ2n) is 2.58. The van der Waals surface area contributed by atoms with Crippen LogP contribution in [0.25, 0.3) is 5.57 Å². The maximum absolute atomic E-state index is 10.4. The standard InChI is InChI=1S/C10H11NO2/c1-2-8(7-10(12)13)9-5-3-4-6-11-9/h3-7H,2H2,1H3,(H,12,13)/b8-7+. The molecule has 3 heteroatoms. The maximum Gasteiger partial charge on any atom is 0.328 e. The summed E-state index contributed by atoms with van der Waals surface area (Å²) in [5, 5.41) is 8.57. The highest BCUT2D eigenvalue weighted by atomic mass is 16.4. The number of carboxylic acid groups (broad SMARTS) is 1. The summed E-state index contributed by atoms with van der Waals surface area (Å²) < 4.78 is 0. The Balaban J connectivity index is 2.98. The van der Waals surface area contributed by atoms with Crippen molar-refractivity contribution in [1.29, 1.82) is 0 Å². The molecule has 0 aliphatic carbocycles. The molecule has 0 saturated heterocycles. The summed E-state index contributed by atoms with van der Waals surface area (Å²) in [5.41, 5.74) is 1.47. The summed E-state index contributed by atoms with van der Waals surface area (Å²) in [5.74, 6) is -0.928. The highest BCUT2D eigenvalue weighted by molar-refractivity contribution is 5.89. The van der Waals surface area contributed by atoms with Crippen LogP contribution in [0, 0.1) is 0 Å². The average molecular weight is 177 g/mol. The van der Waals surface area contributed by atoms with Gasteiger partial charge in [0.15, 0.2) is 0 Å². The summed E-state index contributed by atoms with van der Waals surface area (Å²) in [7, 11) is 0. The zero-order chi connectivity index (χ0) is 9.68. The Kier molecular flexibility index (Phi) is 3.20. The molecule has 0 aliphatic rings. The Morgan fingerprint density at radius 3 is 2.85 bits per heavy atom. The third-order valence-corrected chi connectivity index (χ3v) is 1.67. The first-order chi connectivity index (χ1) is 6.24. The van der Waals surface area contributed by atoms with E-state index in [-0.39, 0.29) is 0 Å². The molecule has 68 valence electrons. The summed E-state index contributed by atoms with van der Waals surface area (Å²) >= 11 is 0. The second kappa shape index (κ2) is 4.40. The number of carbonyl (C=O) groups is 1. The van der Waals surface area contributed by atoms with Crippen molar-refractivity contribution >= 4 is 11.5 Å². The lowest BCUT2D eigenvalue weighted by atomic mass is 10.1. The van der Waals surface area contributed by atoms with Gasteiger partial charge in [-0.3, -0.25) is 4.98 Å². The van der Waals surface area contributed by atoms with Crippen LogP contribution in [0.5, 0.6) is 0 Å². The normalized spacial score (nSPS) is 11.3. The molecule has 1 heterocycles. The second-order valence-corrected chi connectivity index (χ2v) is 2.58. The van der Waals surface area contributed by atoms with Crippen LogP contribution in [0.4, 0.5) is 0 Å². The molecule has 0 fully saturated rings. The van der Waals surface area contributed by atoms with E-state index in [0.717, 1.165) is 11.3 Å². The van der Waals surface area contributed by atoms with E-state index in [9.17, 15) is 4.79 Å². The van der Waals surface area contributed by atoms with Crippen LogP contribution >= 0.6 is 0 Å². The Labute approximate surface area is 76.7 Å². The van der Waals surface area contributed by atoms with Gasteiger partial charge < -0.3 is 5.11 Å². The topological polar surface area (TPSA) is 50.2 Å². The molecule has 0 unspecified atom stereocenters. The van der Waals surface area contributed by atoms with Crippen molar-refractivity contribution in [3.05, 3.63) is 36.2 Å². The molecule has 0 atom stereocenters. The minimum Gasteiger partial charge on any atom is -0.478 e. The molecule has 1 aromatic rings. The number of carboxylic acids is 1. The van der Waals surface area contributed by atoms with Crippen LogP contribution in [0.3, 0.4) is 0 Å². The smallest absolute Gasteiger partial charge is 0.328 e. The fourth-order valence-electron chi connectivity index (χ4n) is 1.06. The van der Waals surface area contributed by atoms with E-state index in [0.29, 0.717) is 6.42 Å². The van der Waals surface area contributed by atoms with Gasteiger partial charge in [-0.1, -0.05) is 13.0 Å². The van der Waals surface area contributed by atoms with Gasteiger partial charge in [-0.15, -0.1) is 0 Å². The van der Waals surface area contributed by atoms with Crippen LogP contribution in [-0.4, -0.2) is 16.1 Å². The van der Waals surface area contributed by atoms with E-state index in [4.69, 9.17) is 5.11 Å². The van der Waals surface area contributed by atoms with Crippen molar-refractivity contribution in [1.82, 2.24) is 4.98 Å². The van der Waals surface area contributed by atoms with E-state index >= 15 is 0 Å². The van der Waals surface area contributed by atoms with Gasteiger partial charge in [0.2, 0.25) is 0 Å². The lowest BCUT2D eigenvalue weighted by Crippen LogP contribution is -1.93. The van der Waals surface area contributed by atoms with E-state index < -0.39 is 5.97 Å². The van der Waals surface area contributed by atoms with Gasteiger partial charge in [0, 0.05) is 12.3 Å². The van der Waals surface area contributed by atoms with Crippen LogP contribution in [-0.2, 0) is 4.79 Å². The summed E-state index contributed by atoms with van der Waals surface area (Å²) in [6.45, 7) is 1.91. The molecule has 0 aromatic carbocycles. The fraction of sp³-hybridized carbons (Fsp3) is 0.200. The number of pyridine rings is 1. The Morgan fingerprint density at radius 1 is 1.62 bits per heavy atom. The number of hydrogen-bond acceptors (Lipinski definition) is 2. The number of hydrogen-bond donors (Lipinski definition) is 1. The largest absolute Gasteiger partial charge is 0.478 e. The fourth-order valence-corrected chi connectivity index (χ4v) is 1.06. The lowest BCUT2D eigenvalue weighted by Gasteiger charge is -2.00. The minimum atomic E-state index is -0.928. The first-order valence-corrected chi connectivity index (χ1v) is 4.09. The van der Waals surface area contributed by atoms with Crippen molar-refractivity contribution < 1.29 is 9.90 Å². The molecule has 1 N–H and O–H groups in total. The van der Waals surface area contributed by atoms with Gasteiger partial charge in [-0.05, 0) is 24.1 Å². The van der Waals surface area contributed by atoms with Crippen LogP contribution in [0.1, 0.15) is 19.0 Å². The number of nitrogens with zero attached hydrogens (tertiary/aromatic N) is 1. The zero-order valence-corrected chi connectivity index (χ0v) is 7.40. The number of rotatable bonds is 3. The van der Waals surface area contributed by atoms with Gasteiger partial charge in [0.05, 0.1) is 5.69 Å². The molecule has 0 amide bonds. The number of aromatic nitrogens is 1. The first kappa shape index (κ1) is 9.45. The molecule has 0 bridgehead atoms. The Bertz CT molecular complexity index is 317. The van der Waals surface area contributed by atoms with Crippen molar-refractivity contribution in [2.75, 3.05) is 0 Å². The van der Waals surface area contributed by atoms with Gasteiger partial charge in [0.1, 0.15) is 0 Å². The zero-order valence-electron chi connectivity index (χ0n) is 7.40. The quantitative estimate of drug-likeness (QED) is 0.718. The number of aliphatic carboxylic acids is 1. The van der Waals surface area contributed by atoms with Crippen LogP contribution < -0.4 is 0 Å². The van der Waals surface area contributed by atoms with Crippen molar-refractivity contribution in [3.63, 3.8) is 0 Å². The maximum atomic E-state index is 10.4. The van der Waals surface area contributed by atoms with E-state index in [1.807, 2.05) is 13.0 Å². The summed E-state index contributed by atoms with van der Waals surface area (Å²) in [6, 6.07) is 5.45.